The zero-order valence-electron chi connectivity index (χ0n) is 12.3. The van der Waals surface area contributed by atoms with Crippen LogP contribution >= 0.6 is 0 Å². The summed E-state index contributed by atoms with van der Waals surface area (Å²) in [5.41, 5.74) is -0.382. The highest BCUT2D eigenvalue weighted by atomic mass is 32.2. The van der Waals surface area contributed by atoms with Crippen molar-refractivity contribution in [3.63, 3.8) is 0 Å². The van der Waals surface area contributed by atoms with Gasteiger partial charge in [-0.2, -0.15) is 9.57 Å². The predicted molar refractivity (Wildman–Crippen MR) is 77.6 cm³/mol. The van der Waals surface area contributed by atoms with E-state index in [1.807, 2.05) is 6.92 Å². The molecular formula is C13H24N4O2S. The van der Waals surface area contributed by atoms with E-state index in [-0.39, 0.29) is 5.54 Å². The van der Waals surface area contributed by atoms with Crippen LogP contribution in [0, 0.1) is 11.3 Å². The first-order chi connectivity index (χ1) is 9.40. The summed E-state index contributed by atoms with van der Waals surface area (Å²) in [7, 11) is -3.07. The highest BCUT2D eigenvalue weighted by molar-refractivity contribution is 7.88. The first kappa shape index (κ1) is 15.7. The smallest absolute Gasteiger partial charge is 0.211 e. The van der Waals surface area contributed by atoms with Gasteiger partial charge in [0.2, 0.25) is 10.0 Å². The molecule has 0 bridgehead atoms. The lowest BCUT2D eigenvalue weighted by Gasteiger charge is -2.37. The zero-order chi connectivity index (χ0) is 14.8. The molecule has 1 saturated carbocycles. The second kappa shape index (κ2) is 5.98. The van der Waals surface area contributed by atoms with Gasteiger partial charge in [0.05, 0.1) is 12.3 Å². The minimum absolute atomic E-state index is 0.382. The van der Waals surface area contributed by atoms with E-state index in [0.717, 1.165) is 38.9 Å². The van der Waals surface area contributed by atoms with Gasteiger partial charge in [0.25, 0.3) is 0 Å². The van der Waals surface area contributed by atoms with Crippen LogP contribution in [0.4, 0.5) is 0 Å². The number of hydrogen-bond acceptors (Lipinski definition) is 5. The molecule has 0 amide bonds. The van der Waals surface area contributed by atoms with E-state index >= 15 is 0 Å². The fourth-order valence-electron chi connectivity index (χ4n) is 3.37. The molecule has 2 aliphatic rings. The lowest BCUT2D eigenvalue weighted by molar-refractivity contribution is 0.135. The van der Waals surface area contributed by atoms with Gasteiger partial charge in [-0.25, -0.2) is 8.42 Å². The molecule has 1 saturated heterocycles. The van der Waals surface area contributed by atoms with Gasteiger partial charge in [-0.05, 0) is 25.8 Å². The van der Waals surface area contributed by atoms with Crippen molar-refractivity contribution in [1.82, 2.24) is 14.5 Å². The van der Waals surface area contributed by atoms with E-state index in [1.54, 1.807) is 4.31 Å². The minimum atomic E-state index is -3.07. The van der Waals surface area contributed by atoms with E-state index < -0.39 is 10.0 Å². The molecule has 114 valence electrons. The maximum atomic E-state index is 11.5. The third kappa shape index (κ3) is 3.31. The van der Waals surface area contributed by atoms with Gasteiger partial charge in [0.1, 0.15) is 5.54 Å². The Morgan fingerprint density at radius 3 is 2.50 bits per heavy atom. The fourth-order valence-corrected chi connectivity index (χ4v) is 4.20. The first-order valence-corrected chi connectivity index (χ1v) is 9.10. The molecule has 2 rings (SSSR count). The van der Waals surface area contributed by atoms with Crippen LogP contribution in [0.5, 0.6) is 0 Å². The van der Waals surface area contributed by atoms with Crippen molar-refractivity contribution in [2.45, 2.75) is 37.8 Å². The van der Waals surface area contributed by atoms with Gasteiger partial charge in [0.15, 0.2) is 0 Å². The summed E-state index contributed by atoms with van der Waals surface area (Å²) in [6.07, 6.45) is 4.01. The Morgan fingerprint density at radius 2 is 2.00 bits per heavy atom. The highest BCUT2D eigenvalue weighted by Gasteiger charge is 2.41. The van der Waals surface area contributed by atoms with Crippen LogP contribution in [0.25, 0.3) is 0 Å². The third-order valence-corrected chi connectivity index (χ3v) is 5.78. The molecule has 1 N–H and O–H groups in total. The summed E-state index contributed by atoms with van der Waals surface area (Å²) < 4.78 is 24.5. The van der Waals surface area contributed by atoms with E-state index in [0.29, 0.717) is 19.1 Å². The van der Waals surface area contributed by atoms with Crippen LogP contribution in [0.15, 0.2) is 0 Å². The Kier molecular flexibility index (Phi) is 4.69. The van der Waals surface area contributed by atoms with Gasteiger partial charge >= 0.3 is 0 Å². The summed E-state index contributed by atoms with van der Waals surface area (Å²) in [5.74, 6) is 0. The lowest BCUT2D eigenvalue weighted by Crippen LogP contribution is -2.52. The van der Waals surface area contributed by atoms with Crippen molar-refractivity contribution in [2.24, 2.45) is 0 Å². The van der Waals surface area contributed by atoms with Crippen LogP contribution in [0.2, 0.25) is 0 Å². The van der Waals surface area contributed by atoms with Crippen LogP contribution in [0.1, 0.15) is 26.2 Å². The molecule has 1 heterocycles. The molecule has 0 radical (unpaired) electrons. The van der Waals surface area contributed by atoms with Crippen LogP contribution < -0.4 is 5.32 Å². The average molecular weight is 300 g/mol. The summed E-state index contributed by atoms with van der Waals surface area (Å²) in [5, 5.41) is 12.7. The Morgan fingerprint density at radius 1 is 1.35 bits per heavy atom. The molecule has 20 heavy (non-hydrogen) atoms. The Hall–Kier alpha value is -0.680. The van der Waals surface area contributed by atoms with E-state index in [2.05, 4.69) is 16.3 Å². The quantitative estimate of drug-likeness (QED) is 0.790. The summed E-state index contributed by atoms with van der Waals surface area (Å²) in [4.78, 5) is 2.35. The third-order valence-electron chi connectivity index (χ3n) is 4.48. The Balaban J connectivity index is 1.92. The van der Waals surface area contributed by atoms with Crippen LogP contribution in [-0.2, 0) is 10.0 Å². The Bertz CT molecular complexity index is 479. The maximum absolute atomic E-state index is 11.5. The van der Waals surface area contributed by atoms with Gasteiger partial charge in [0, 0.05) is 32.2 Å². The molecular weight excluding hydrogens is 276 g/mol. The van der Waals surface area contributed by atoms with E-state index in [9.17, 15) is 13.7 Å². The van der Waals surface area contributed by atoms with E-state index in [1.165, 1.54) is 6.26 Å². The fraction of sp³-hybridized carbons (Fsp3) is 0.923. The normalized spacial score (nSPS) is 33.1. The topological polar surface area (TPSA) is 76.4 Å². The summed E-state index contributed by atoms with van der Waals surface area (Å²) in [6.45, 7) is 5.50. The number of hydrogen-bond donors (Lipinski definition) is 1. The molecule has 6 nitrogen and oxygen atoms in total. The predicted octanol–water partition coefficient (Wildman–Crippen LogP) is -0.0120. The number of nitriles is 1. The van der Waals surface area contributed by atoms with Crippen molar-refractivity contribution in [2.75, 3.05) is 39.0 Å². The average Bonchev–Trinajstić information content (AvgIpc) is 2.83. The molecule has 7 heteroatoms. The first-order valence-electron chi connectivity index (χ1n) is 7.26. The van der Waals surface area contributed by atoms with Crippen molar-refractivity contribution < 1.29 is 8.42 Å². The van der Waals surface area contributed by atoms with E-state index in [4.69, 9.17) is 0 Å². The molecule has 1 aliphatic carbocycles. The van der Waals surface area contributed by atoms with Crippen molar-refractivity contribution in [3.05, 3.63) is 0 Å². The Labute approximate surface area is 121 Å². The van der Waals surface area contributed by atoms with Gasteiger partial charge < -0.3 is 0 Å². The maximum Gasteiger partial charge on any atom is 0.211 e. The van der Waals surface area contributed by atoms with Crippen molar-refractivity contribution in [1.29, 1.82) is 5.26 Å². The van der Waals surface area contributed by atoms with Gasteiger partial charge in [-0.1, -0.05) is 6.92 Å². The number of nitrogens with zero attached hydrogens (tertiary/aromatic N) is 3. The number of piperazine rings is 1. The molecule has 2 fully saturated rings. The minimum Gasteiger partial charge on any atom is -0.300 e. The second-order valence-corrected chi connectivity index (χ2v) is 7.80. The van der Waals surface area contributed by atoms with Crippen LogP contribution in [0.3, 0.4) is 0 Å². The van der Waals surface area contributed by atoms with Crippen molar-refractivity contribution >= 4 is 10.0 Å². The molecule has 1 aliphatic heterocycles. The molecule has 0 aromatic carbocycles. The van der Waals surface area contributed by atoms with Gasteiger partial charge in [-0.3, -0.25) is 10.2 Å². The lowest BCUT2D eigenvalue weighted by atomic mass is 9.99. The van der Waals surface area contributed by atoms with Crippen LogP contribution in [-0.4, -0.2) is 68.2 Å². The number of nitrogens with one attached hydrogen (secondary N) is 1. The summed E-state index contributed by atoms with van der Waals surface area (Å²) in [6, 6.07) is 2.83. The number of rotatable bonds is 4. The summed E-state index contributed by atoms with van der Waals surface area (Å²) >= 11 is 0. The van der Waals surface area contributed by atoms with Gasteiger partial charge in [-0.15, -0.1) is 0 Å². The molecule has 2 atom stereocenters. The largest absolute Gasteiger partial charge is 0.300 e. The SMILES string of the molecule is CCNC1(C#N)CCC(N2CCN(S(C)(=O)=O)CC2)C1. The zero-order valence-corrected chi connectivity index (χ0v) is 13.1. The molecule has 2 unspecified atom stereocenters. The standard InChI is InChI=1S/C13H24N4O2S/c1-3-15-13(11-14)5-4-12(10-13)16-6-8-17(9-7-16)20(2,18)19/h12,15H,3-10H2,1-2H3. The molecule has 0 aromatic rings. The highest BCUT2D eigenvalue weighted by Crippen LogP contribution is 2.33. The molecule has 0 spiro atoms. The number of sulfonamides is 1. The second-order valence-electron chi connectivity index (χ2n) is 5.82. The molecule has 0 aromatic heterocycles. The monoisotopic (exact) mass is 300 g/mol. The van der Waals surface area contributed by atoms with Crippen molar-refractivity contribution in [3.8, 4) is 6.07 Å².